The third-order valence-electron chi connectivity index (χ3n) is 6.29. The molecule has 1 saturated carbocycles. The summed E-state index contributed by atoms with van der Waals surface area (Å²) in [4.78, 5) is 39.1. The lowest BCUT2D eigenvalue weighted by molar-refractivity contribution is -0.130. The van der Waals surface area contributed by atoms with Crippen LogP contribution in [0.4, 0.5) is 4.79 Å². The zero-order valence-corrected chi connectivity index (χ0v) is 16.0. The average Bonchev–Trinajstić information content (AvgIpc) is 3.40. The first kappa shape index (κ1) is 18.2. The number of Topliss-reactive ketones (excluding diaryl/α,β-unsaturated/α-hetero) is 1. The molecule has 1 N–H and O–H groups in total. The van der Waals surface area contributed by atoms with Gasteiger partial charge in [0.2, 0.25) is 0 Å². The second kappa shape index (κ2) is 6.78. The lowest BCUT2D eigenvalue weighted by atomic mass is 9.98. The summed E-state index contributed by atoms with van der Waals surface area (Å²) in [6, 6.07) is 1.42. The van der Waals surface area contributed by atoms with Crippen molar-refractivity contribution >= 4 is 17.7 Å². The number of carbonyl (C=O) groups excluding carboxylic acids is 3. The molecule has 4 rings (SSSR count). The number of aryl methyl sites for hydroxylation is 1. The summed E-state index contributed by atoms with van der Waals surface area (Å²) in [5.41, 5.74) is 1.68. The maximum absolute atomic E-state index is 12.9. The SMILES string of the molecule is Cc1cc(C(=O)CN2C(=O)NC3(CCCC3)C2=O)c(C)n1C[C@H]1CCCO1. The first-order valence-corrected chi connectivity index (χ1v) is 9.87. The van der Waals surface area contributed by atoms with Crippen LogP contribution in [-0.2, 0) is 16.1 Å². The highest BCUT2D eigenvalue weighted by atomic mass is 16.5. The Bertz CT molecular complexity index is 785. The Morgan fingerprint density at radius 2 is 2.00 bits per heavy atom. The van der Waals surface area contributed by atoms with Crippen LogP contribution in [0.1, 0.15) is 60.3 Å². The molecule has 7 heteroatoms. The number of urea groups is 1. The molecule has 3 heterocycles. The molecule has 2 saturated heterocycles. The molecule has 3 aliphatic rings. The van der Waals surface area contributed by atoms with Crippen molar-refractivity contribution in [2.45, 2.75) is 70.6 Å². The van der Waals surface area contributed by atoms with E-state index >= 15 is 0 Å². The molecule has 3 fully saturated rings. The average molecular weight is 373 g/mol. The summed E-state index contributed by atoms with van der Waals surface area (Å²) in [7, 11) is 0. The van der Waals surface area contributed by atoms with Gasteiger partial charge < -0.3 is 14.6 Å². The maximum Gasteiger partial charge on any atom is 0.325 e. The van der Waals surface area contributed by atoms with Gasteiger partial charge in [-0.2, -0.15) is 0 Å². The lowest BCUT2D eigenvalue weighted by Crippen LogP contribution is -2.44. The van der Waals surface area contributed by atoms with E-state index in [0.717, 1.165) is 55.1 Å². The molecular weight excluding hydrogens is 346 g/mol. The molecule has 3 amide bonds. The van der Waals surface area contributed by atoms with Gasteiger partial charge in [-0.25, -0.2) is 4.79 Å². The molecule has 27 heavy (non-hydrogen) atoms. The number of aromatic nitrogens is 1. The van der Waals surface area contributed by atoms with Crippen molar-refractivity contribution in [3.8, 4) is 0 Å². The van der Waals surface area contributed by atoms with Gasteiger partial charge in [0.05, 0.1) is 12.6 Å². The molecular formula is C20H27N3O4. The van der Waals surface area contributed by atoms with Crippen LogP contribution in [0.25, 0.3) is 0 Å². The van der Waals surface area contributed by atoms with Crippen LogP contribution in [0.15, 0.2) is 6.07 Å². The Morgan fingerprint density at radius 1 is 1.26 bits per heavy atom. The molecule has 1 aromatic rings. The summed E-state index contributed by atoms with van der Waals surface area (Å²) in [6.07, 6.45) is 5.48. The van der Waals surface area contributed by atoms with Crippen molar-refractivity contribution in [2.24, 2.45) is 0 Å². The van der Waals surface area contributed by atoms with Gasteiger partial charge in [0.15, 0.2) is 5.78 Å². The fourth-order valence-electron chi connectivity index (χ4n) is 4.72. The number of rotatable bonds is 5. The smallest absolute Gasteiger partial charge is 0.325 e. The minimum absolute atomic E-state index is 0.186. The molecule has 1 atom stereocenters. The van der Waals surface area contributed by atoms with Crippen molar-refractivity contribution in [3.63, 3.8) is 0 Å². The van der Waals surface area contributed by atoms with Crippen LogP contribution < -0.4 is 5.32 Å². The van der Waals surface area contributed by atoms with E-state index in [1.807, 2.05) is 19.9 Å². The number of amides is 3. The third-order valence-corrected chi connectivity index (χ3v) is 6.29. The number of ketones is 1. The van der Waals surface area contributed by atoms with Crippen molar-refractivity contribution in [1.82, 2.24) is 14.8 Å². The second-order valence-electron chi connectivity index (χ2n) is 8.06. The second-order valence-corrected chi connectivity index (χ2v) is 8.06. The lowest BCUT2D eigenvalue weighted by Gasteiger charge is -2.19. The van der Waals surface area contributed by atoms with Gasteiger partial charge in [-0.05, 0) is 45.6 Å². The summed E-state index contributed by atoms with van der Waals surface area (Å²) < 4.78 is 7.82. The molecule has 1 aliphatic carbocycles. The van der Waals surface area contributed by atoms with Crippen molar-refractivity contribution in [2.75, 3.05) is 13.2 Å². The van der Waals surface area contributed by atoms with Gasteiger partial charge in [0.25, 0.3) is 5.91 Å². The van der Waals surface area contributed by atoms with Crippen LogP contribution in [-0.4, -0.2) is 52.0 Å². The minimum Gasteiger partial charge on any atom is -0.376 e. The van der Waals surface area contributed by atoms with Gasteiger partial charge in [0, 0.05) is 30.1 Å². The van der Waals surface area contributed by atoms with Crippen LogP contribution in [0.2, 0.25) is 0 Å². The van der Waals surface area contributed by atoms with Crippen LogP contribution >= 0.6 is 0 Å². The highest BCUT2D eigenvalue weighted by Gasteiger charge is 2.52. The van der Waals surface area contributed by atoms with E-state index in [1.165, 1.54) is 0 Å². The number of imide groups is 1. The van der Waals surface area contributed by atoms with E-state index in [4.69, 9.17) is 4.74 Å². The van der Waals surface area contributed by atoms with Crippen molar-refractivity contribution < 1.29 is 19.1 Å². The molecule has 1 aromatic heterocycles. The summed E-state index contributed by atoms with van der Waals surface area (Å²) in [5, 5.41) is 2.83. The highest BCUT2D eigenvalue weighted by Crippen LogP contribution is 2.35. The molecule has 0 unspecified atom stereocenters. The fraction of sp³-hybridized carbons (Fsp3) is 0.650. The van der Waals surface area contributed by atoms with E-state index in [-0.39, 0.29) is 24.3 Å². The zero-order valence-electron chi connectivity index (χ0n) is 16.0. The minimum atomic E-state index is -0.770. The highest BCUT2D eigenvalue weighted by molar-refractivity contribution is 6.11. The molecule has 146 valence electrons. The first-order valence-electron chi connectivity index (χ1n) is 9.87. The Kier molecular flexibility index (Phi) is 4.58. The molecule has 2 aliphatic heterocycles. The van der Waals surface area contributed by atoms with E-state index in [0.29, 0.717) is 18.4 Å². The molecule has 0 aromatic carbocycles. The fourth-order valence-corrected chi connectivity index (χ4v) is 4.72. The van der Waals surface area contributed by atoms with E-state index < -0.39 is 11.6 Å². The Balaban J connectivity index is 1.50. The van der Waals surface area contributed by atoms with Gasteiger partial charge in [-0.3, -0.25) is 14.5 Å². The zero-order chi connectivity index (χ0) is 19.2. The molecule has 7 nitrogen and oxygen atoms in total. The maximum atomic E-state index is 12.9. The van der Waals surface area contributed by atoms with E-state index in [1.54, 1.807) is 0 Å². The Morgan fingerprint density at radius 3 is 2.67 bits per heavy atom. The molecule has 0 radical (unpaired) electrons. The van der Waals surface area contributed by atoms with Crippen molar-refractivity contribution in [1.29, 1.82) is 0 Å². The van der Waals surface area contributed by atoms with Crippen molar-refractivity contribution in [3.05, 3.63) is 23.0 Å². The molecule has 0 bridgehead atoms. The summed E-state index contributed by atoms with van der Waals surface area (Å²) in [6.45, 7) is 5.22. The summed E-state index contributed by atoms with van der Waals surface area (Å²) in [5.74, 6) is -0.438. The van der Waals surface area contributed by atoms with Gasteiger partial charge in [-0.15, -0.1) is 0 Å². The van der Waals surface area contributed by atoms with E-state index in [9.17, 15) is 14.4 Å². The third kappa shape index (κ3) is 3.08. The number of ether oxygens (including phenoxy) is 1. The standard InChI is InChI=1S/C20H27N3O4/c1-13-10-16(14(2)22(13)11-15-6-5-9-27-15)17(24)12-23-18(25)20(21-19(23)26)7-3-4-8-20/h10,15H,3-9,11-12H2,1-2H3,(H,21,26)/t15-/m1/s1. The van der Waals surface area contributed by atoms with Crippen LogP contribution in [0, 0.1) is 13.8 Å². The first-order chi connectivity index (χ1) is 12.9. The van der Waals surface area contributed by atoms with Crippen LogP contribution in [0.5, 0.6) is 0 Å². The predicted molar refractivity (Wildman–Crippen MR) is 98.7 cm³/mol. The summed E-state index contributed by atoms with van der Waals surface area (Å²) >= 11 is 0. The van der Waals surface area contributed by atoms with Gasteiger partial charge in [-0.1, -0.05) is 12.8 Å². The van der Waals surface area contributed by atoms with E-state index in [2.05, 4.69) is 9.88 Å². The number of hydrogen-bond acceptors (Lipinski definition) is 4. The molecule has 1 spiro atoms. The number of nitrogens with zero attached hydrogens (tertiary/aromatic N) is 2. The normalized spacial score (nSPS) is 24.2. The monoisotopic (exact) mass is 373 g/mol. The Hall–Kier alpha value is -2.15. The van der Waals surface area contributed by atoms with Gasteiger partial charge in [0.1, 0.15) is 5.54 Å². The number of nitrogens with one attached hydrogen (secondary N) is 1. The number of hydrogen-bond donors (Lipinski definition) is 1. The Labute approximate surface area is 159 Å². The largest absolute Gasteiger partial charge is 0.376 e. The van der Waals surface area contributed by atoms with Gasteiger partial charge >= 0.3 is 6.03 Å². The van der Waals surface area contributed by atoms with Crippen LogP contribution in [0.3, 0.4) is 0 Å². The predicted octanol–water partition coefficient (Wildman–Crippen LogP) is 2.33. The number of carbonyl (C=O) groups is 3. The topological polar surface area (TPSA) is 80.6 Å². The quantitative estimate of drug-likeness (QED) is 0.634.